The fraction of sp³-hybridized carbons (Fsp3) is 0.194. The Kier molecular flexibility index (Phi) is 7.20. The summed E-state index contributed by atoms with van der Waals surface area (Å²) < 4.78 is 5.84. The van der Waals surface area contributed by atoms with Gasteiger partial charge in [-0.2, -0.15) is 0 Å². The van der Waals surface area contributed by atoms with E-state index in [0.717, 1.165) is 28.4 Å². The van der Waals surface area contributed by atoms with Gasteiger partial charge < -0.3 is 30.5 Å². The summed E-state index contributed by atoms with van der Waals surface area (Å²) in [6.45, 7) is 0. The number of carbonyl (C=O) groups excluding carboxylic acids is 1. The summed E-state index contributed by atoms with van der Waals surface area (Å²) in [6.07, 6.45) is 0.0492. The van der Waals surface area contributed by atoms with Crippen LogP contribution in [0.15, 0.2) is 97.1 Å². The molecular weight excluding hydrogens is 474 g/mol. The van der Waals surface area contributed by atoms with Crippen molar-refractivity contribution in [3.63, 3.8) is 0 Å². The molecule has 7 nitrogen and oxygen atoms in total. The molecule has 0 aliphatic carbocycles. The van der Waals surface area contributed by atoms with Gasteiger partial charge in [-0.3, -0.25) is 4.79 Å². The van der Waals surface area contributed by atoms with Gasteiger partial charge in [-0.1, -0.05) is 12.1 Å². The third kappa shape index (κ3) is 6.07. The number of hydrogen-bond donors (Lipinski definition) is 3. The van der Waals surface area contributed by atoms with E-state index in [-0.39, 0.29) is 18.2 Å². The van der Waals surface area contributed by atoms with Crippen LogP contribution in [-0.4, -0.2) is 40.3 Å². The molecule has 1 heterocycles. The van der Waals surface area contributed by atoms with Crippen molar-refractivity contribution >= 4 is 40.0 Å². The molecule has 194 valence electrons. The molecule has 0 aromatic heterocycles. The number of rotatable bonds is 9. The van der Waals surface area contributed by atoms with Crippen molar-refractivity contribution < 1.29 is 9.53 Å². The SMILES string of the molecule is CN(C)c1ccc(C(=O)Nc2ccc(Nc3ccc(NC4OC4c4ccc(N(C)C)cc4)cc3)cc2)cc1. The Morgan fingerprint density at radius 2 is 1.11 bits per heavy atom. The molecule has 5 rings (SSSR count). The number of carbonyl (C=O) groups is 1. The Hall–Kier alpha value is -4.49. The molecule has 2 atom stereocenters. The van der Waals surface area contributed by atoms with E-state index in [1.165, 1.54) is 11.3 Å². The van der Waals surface area contributed by atoms with Crippen molar-refractivity contribution in [2.24, 2.45) is 0 Å². The topological polar surface area (TPSA) is 72.2 Å². The van der Waals surface area contributed by atoms with Gasteiger partial charge in [0.05, 0.1) is 0 Å². The molecule has 0 radical (unpaired) electrons. The van der Waals surface area contributed by atoms with Crippen molar-refractivity contribution in [3.05, 3.63) is 108 Å². The van der Waals surface area contributed by atoms with Crippen molar-refractivity contribution in [1.82, 2.24) is 0 Å². The van der Waals surface area contributed by atoms with Crippen LogP contribution in [0.2, 0.25) is 0 Å². The molecule has 1 fully saturated rings. The zero-order chi connectivity index (χ0) is 26.6. The molecule has 1 amide bonds. The number of benzene rings is 4. The minimum Gasteiger partial charge on any atom is -0.378 e. The molecule has 4 aromatic carbocycles. The number of nitrogens with one attached hydrogen (secondary N) is 3. The van der Waals surface area contributed by atoms with E-state index in [2.05, 4.69) is 45.1 Å². The lowest BCUT2D eigenvalue weighted by molar-refractivity contribution is 0.102. The Labute approximate surface area is 224 Å². The van der Waals surface area contributed by atoms with Crippen molar-refractivity contribution in [1.29, 1.82) is 0 Å². The molecule has 0 spiro atoms. The van der Waals surface area contributed by atoms with Gasteiger partial charge in [-0.15, -0.1) is 0 Å². The van der Waals surface area contributed by atoms with Crippen LogP contribution >= 0.6 is 0 Å². The number of nitrogens with zero attached hydrogens (tertiary/aromatic N) is 2. The van der Waals surface area contributed by atoms with Crippen LogP contribution in [0.4, 0.5) is 34.1 Å². The molecule has 3 N–H and O–H groups in total. The van der Waals surface area contributed by atoms with E-state index in [9.17, 15) is 4.79 Å². The average molecular weight is 508 g/mol. The smallest absolute Gasteiger partial charge is 0.255 e. The second-order valence-corrected chi connectivity index (χ2v) is 9.78. The van der Waals surface area contributed by atoms with Gasteiger partial charge in [0.25, 0.3) is 5.91 Å². The van der Waals surface area contributed by atoms with Gasteiger partial charge in [0.1, 0.15) is 6.10 Å². The Bertz CT molecular complexity index is 1370. The Balaban J connectivity index is 1.11. The lowest BCUT2D eigenvalue weighted by Gasteiger charge is -2.13. The predicted molar refractivity (Wildman–Crippen MR) is 157 cm³/mol. The lowest BCUT2D eigenvalue weighted by atomic mass is 10.1. The fourth-order valence-electron chi connectivity index (χ4n) is 4.17. The van der Waals surface area contributed by atoms with Gasteiger partial charge in [0, 0.05) is 67.9 Å². The van der Waals surface area contributed by atoms with E-state index in [1.54, 1.807) is 0 Å². The van der Waals surface area contributed by atoms with E-state index in [0.29, 0.717) is 5.56 Å². The van der Waals surface area contributed by atoms with Crippen LogP contribution in [0.1, 0.15) is 22.0 Å². The summed E-state index contributed by atoms with van der Waals surface area (Å²) in [5.74, 6) is -0.133. The third-order valence-electron chi connectivity index (χ3n) is 6.50. The van der Waals surface area contributed by atoms with E-state index in [1.807, 2.05) is 106 Å². The van der Waals surface area contributed by atoms with Gasteiger partial charge in [-0.25, -0.2) is 0 Å². The monoisotopic (exact) mass is 507 g/mol. The maximum Gasteiger partial charge on any atom is 0.255 e. The summed E-state index contributed by atoms with van der Waals surface area (Å²) in [5.41, 5.74) is 7.68. The fourth-order valence-corrected chi connectivity index (χ4v) is 4.17. The van der Waals surface area contributed by atoms with Crippen molar-refractivity contribution in [2.45, 2.75) is 12.3 Å². The largest absolute Gasteiger partial charge is 0.378 e. The molecule has 2 unspecified atom stereocenters. The molecule has 0 bridgehead atoms. The minimum atomic E-state index is -0.133. The molecule has 1 aliphatic rings. The number of anilines is 6. The minimum absolute atomic E-state index is 0.0207. The Morgan fingerprint density at radius 1 is 0.632 bits per heavy atom. The van der Waals surface area contributed by atoms with Gasteiger partial charge >= 0.3 is 0 Å². The molecule has 0 saturated carbocycles. The average Bonchev–Trinajstić information content (AvgIpc) is 3.70. The molecule has 38 heavy (non-hydrogen) atoms. The van der Waals surface area contributed by atoms with Crippen molar-refractivity contribution in [3.8, 4) is 0 Å². The first-order valence-corrected chi connectivity index (χ1v) is 12.6. The molecule has 4 aromatic rings. The standard InChI is InChI=1S/C31H33N5O2/c1-35(2)27-17-5-21(6-18-27)29-31(38-29)34-26-15-11-24(12-16-26)32-23-9-13-25(14-10-23)33-30(37)22-7-19-28(20-8-22)36(3)4/h5-20,29,31-32,34H,1-4H3,(H,33,37). The van der Waals surface area contributed by atoms with Gasteiger partial charge in [0.15, 0.2) is 6.23 Å². The second-order valence-electron chi connectivity index (χ2n) is 9.78. The van der Waals surface area contributed by atoms with Crippen LogP contribution in [0, 0.1) is 0 Å². The second kappa shape index (κ2) is 10.9. The van der Waals surface area contributed by atoms with Crippen LogP contribution in [0.25, 0.3) is 0 Å². The zero-order valence-electron chi connectivity index (χ0n) is 22.1. The normalized spacial score (nSPS) is 15.9. The van der Waals surface area contributed by atoms with Gasteiger partial charge in [-0.05, 0) is 90.5 Å². The number of hydrogen-bond acceptors (Lipinski definition) is 6. The molecule has 1 aliphatic heterocycles. The van der Waals surface area contributed by atoms with Crippen LogP contribution in [0.3, 0.4) is 0 Å². The maximum absolute atomic E-state index is 12.6. The first-order chi connectivity index (χ1) is 18.4. The van der Waals surface area contributed by atoms with Crippen LogP contribution in [0.5, 0.6) is 0 Å². The third-order valence-corrected chi connectivity index (χ3v) is 6.50. The highest BCUT2D eigenvalue weighted by atomic mass is 16.6. The number of epoxide rings is 1. The lowest BCUT2D eigenvalue weighted by Crippen LogP contribution is -2.13. The molecular formula is C31H33N5O2. The van der Waals surface area contributed by atoms with Crippen LogP contribution < -0.4 is 25.8 Å². The van der Waals surface area contributed by atoms with E-state index < -0.39 is 0 Å². The summed E-state index contributed by atoms with van der Waals surface area (Å²) in [6, 6.07) is 31.8. The summed E-state index contributed by atoms with van der Waals surface area (Å²) >= 11 is 0. The van der Waals surface area contributed by atoms with E-state index >= 15 is 0 Å². The highest BCUT2D eigenvalue weighted by Crippen LogP contribution is 2.39. The number of ether oxygens (including phenoxy) is 1. The highest BCUT2D eigenvalue weighted by molar-refractivity contribution is 6.04. The maximum atomic E-state index is 12.6. The quantitative estimate of drug-likeness (QED) is 0.230. The highest BCUT2D eigenvalue weighted by Gasteiger charge is 2.40. The predicted octanol–water partition coefficient (Wildman–Crippen LogP) is 6.32. The summed E-state index contributed by atoms with van der Waals surface area (Å²) in [7, 11) is 8.02. The number of amides is 1. The van der Waals surface area contributed by atoms with Crippen LogP contribution in [-0.2, 0) is 4.74 Å². The zero-order valence-corrected chi connectivity index (χ0v) is 22.1. The Morgan fingerprint density at radius 3 is 1.63 bits per heavy atom. The summed E-state index contributed by atoms with van der Waals surface area (Å²) in [4.78, 5) is 16.7. The van der Waals surface area contributed by atoms with Gasteiger partial charge in [0.2, 0.25) is 0 Å². The first-order valence-electron chi connectivity index (χ1n) is 12.6. The summed E-state index contributed by atoms with van der Waals surface area (Å²) in [5, 5.41) is 9.79. The van der Waals surface area contributed by atoms with E-state index in [4.69, 9.17) is 4.74 Å². The molecule has 1 saturated heterocycles. The van der Waals surface area contributed by atoms with Crippen molar-refractivity contribution in [2.75, 3.05) is 53.9 Å². The first kappa shape index (κ1) is 25.2. The molecule has 7 heteroatoms.